The highest BCUT2D eigenvalue weighted by Crippen LogP contribution is 2.28. The van der Waals surface area contributed by atoms with Gasteiger partial charge in [0, 0.05) is 24.8 Å². The van der Waals surface area contributed by atoms with E-state index in [2.05, 4.69) is 27.0 Å². The highest BCUT2D eigenvalue weighted by molar-refractivity contribution is 5.85. The van der Waals surface area contributed by atoms with E-state index in [0.29, 0.717) is 0 Å². The van der Waals surface area contributed by atoms with Crippen LogP contribution in [0, 0.1) is 0 Å². The number of anilines is 1. The Morgan fingerprint density at radius 3 is 3.29 bits per heavy atom. The molecule has 1 aliphatic rings. The molecule has 3 heteroatoms. The van der Waals surface area contributed by atoms with Crippen LogP contribution in [0.4, 0.5) is 5.69 Å². The highest BCUT2D eigenvalue weighted by atomic mass is 15.0. The monoisotopic (exact) mass is 187 g/mol. The van der Waals surface area contributed by atoms with Crippen LogP contribution in [-0.4, -0.2) is 16.1 Å². The fraction of sp³-hybridized carbons (Fsp3) is 0.364. The van der Waals surface area contributed by atoms with Gasteiger partial charge in [0.05, 0.1) is 17.4 Å². The third kappa shape index (κ3) is 0.953. The number of hydrogen-bond donors (Lipinski definition) is 1. The van der Waals surface area contributed by atoms with Crippen molar-refractivity contribution in [3.8, 4) is 0 Å². The van der Waals surface area contributed by atoms with E-state index in [1.54, 1.807) is 0 Å². The minimum atomic E-state index is 1.09. The van der Waals surface area contributed by atoms with Gasteiger partial charge in [-0.05, 0) is 25.0 Å². The maximum Gasteiger partial charge on any atom is 0.0955 e. The maximum absolute atomic E-state index is 4.45. The molecule has 3 nitrogen and oxygen atoms in total. The Bertz CT molecular complexity index is 484. The molecule has 2 heterocycles. The molecule has 0 unspecified atom stereocenters. The molecule has 0 saturated heterocycles. The molecule has 3 rings (SSSR count). The minimum Gasteiger partial charge on any atom is -0.385 e. The lowest BCUT2D eigenvalue weighted by molar-refractivity contribution is 0.835. The Labute approximate surface area is 82.8 Å². The molecule has 0 aliphatic carbocycles. The number of imidazole rings is 1. The summed E-state index contributed by atoms with van der Waals surface area (Å²) in [7, 11) is 2.04. The van der Waals surface area contributed by atoms with Gasteiger partial charge in [0.2, 0.25) is 0 Å². The van der Waals surface area contributed by atoms with Crippen molar-refractivity contribution in [2.45, 2.75) is 12.8 Å². The molecule has 0 fully saturated rings. The van der Waals surface area contributed by atoms with Gasteiger partial charge in [-0.25, -0.2) is 4.98 Å². The Balaban J connectivity index is 2.35. The van der Waals surface area contributed by atoms with Crippen LogP contribution in [0.25, 0.3) is 11.0 Å². The minimum absolute atomic E-state index is 1.09. The molecule has 2 aromatic rings. The van der Waals surface area contributed by atoms with Crippen molar-refractivity contribution < 1.29 is 0 Å². The molecule has 0 bridgehead atoms. The first-order chi connectivity index (χ1) is 6.86. The van der Waals surface area contributed by atoms with Crippen LogP contribution in [0.1, 0.15) is 12.0 Å². The largest absolute Gasteiger partial charge is 0.385 e. The first-order valence-corrected chi connectivity index (χ1v) is 5.03. The number of benzene rings is 1. The molecule has 0 spiro atoms. The van der Waals surface area contributed by atoms with Crippen molar-refractivity contribution >= 4 is 16.7 Å². The summed E-state index contributed by atoms with van der Waals surface area (Å²) in [5.41, 5.74) is 5.04. The fourth-order valence-corrected chi connectivity index (χ4v) is 2.17. The molecule has 14 heavy (non-hydrogen) atoms. The Hall–Kier alpha value is -1.51. The Kier molecular flexibility index (Phi) is 1.54. The van der Waals surface area contributed by atoms with Gasteiger partial charge in [0.15, 0.2) is 0 Å². The molecule has 1 aromatic heterocycles. The van der Waals surface area contributed by atoms with Gasteiger partial charge in [0.1, 0.15) is 0 Å². The van der Waals surface area contributed by atoms with E-state index >= 15 is 0 Å². The first-order valence-electron chi connectivity index (χ1n) is 5.03. The second kappa shape index (κ2) is 2.74. The number of nitrogens with one attached hydrogen (secondary N) is 1. The van der Waals surface area contributed by atoms with E-state index in [9.17, 15) is 0 Å². The quantitative estimate of drug-likeness (QED) is 0.683. The zero-order chi connectivity index (χ0) is 9.54. The lowest BCUT2D eigenvalue weighted by Gasteiger charge is -2.17. The van der Waals surface area contributed by atoms with Crippen LogP contribution in [0.2, 0.25) is 0 Å². The van der Waals surface area contributed by atoms with Gasteiger partial charge in [-0.15, -0.1) is 0 Å². The van der Waals surface area contributed by atoms with Crippen molar-refractivity contribution in [3.05, 3.63) is 24.0 Å². The molecular formula is C11H13N3. The molecule has 0 radical (unpaired) electrons. The van der Waals surface area contributed by atoms with Gasteiger partial charge in [-0.1, -0.05) is 0 Å². The lowest BCUT2D eigenvalue weighted by Crippen LogP contribution is -2.11. The van der Waals surface area contributed by atoms with Gasteiger partial charge in [-0.3, -0.25) is 0 Å². The summed E-state index contributed by atoms with van der Waals surface area (Å²) < 4.78 is 2.07. The number of aromatic nitrogens is 2. The molecule has 1 N–H and O–H groups in total. The molecule has 0 amide bonds. The summed E-state index contributed by atoms with van der Waals surface area (Å²) in [5.74, 6) is 0. The van der Waals surface area contributed by atoms with E-state index < -0.39 is 0 Å². The number of rotatable bonds is 0. The molecule has 0 saturated carbocycles. The number of aryl methyl sites for hydroxylation is 2. The van der Waals surface area contributed by atoms with Crippen LogP contribution in [-0.2, 0) is 13.5 Å². The summed E-state index contributed by atoms with van der Waals surface area (Å²) in [6.07, 6.45) is 4.25. The molecule has 1 aliphatic heterocycles. The summed E-state index contributed by atoms with van der Waals surface area (Å²) >= 11 is 0. The van der Waals surface area contributed by atoms with E-state index in [1.165, 1.54) is 23.2 Å². The highest BCUT2D eigenvalue weighted by Gasteiger charge is 2.13. The van der Waals surface area contributed by atoms with Gasteiger partial charge in [-0.2, -0.15) is 0 Å². The summed E-state index contributed by atoms with van der Waals surface area (Å²) in [6, 6.07) is 4.30. The van der Waals surface area contributed by atoms with Crippen LogP contribution in [0.5, 0.6) is 0 Å². The average molecular weight is 187 g/mol. The van der Waals surface area contributed by atoms with Crippen LogP contribution >= 0.6 is 0 Å². The fourth-order valence-electron chi connectivity index (χ4n) is 2.17. The maximum atomic E-state index is 4.45. The third-order valence-electron chi connectivity index (χ3n) is 2.92. The van der Waals surface area contributed by atoms with Crippen molar-refractivity contribution in [2.24, 2.45) is 7.05 Å². The zero-order valence-electron chi connectivity index (χ0n) is 8.25. The van der Waals surface area contributed by atoms with Crippen molar-refractivity contribution in [2.75, 3.05) is 11.9 Å². The second-order valence-corrected chi connectivity index (χ2v) is 3.85. The first kappa shape index (κ1) is 7.85. The third-order valence-corrected chi connectivity index (χ3v) is 2.92. The smallest absolute Gasteiger partial charge is 0.0955 e. The van der Waals surface area contributed by atoms with Crippen LogP contribution < -0.4 is 5.32 Å². The Morgan fingerprint density at radius 2 is 2.36 bits per heavy atom. The number of nitrogens with zero attached hydrogens (tertiary/aromatic N) is 2. The van der Waals surface area contributed by atoms with Crippen LogP contribution in [0.15, 0.2) is 18.5 Å². The van der Waals surface area contributed by atoms with Gasteiger partial charge < -0.3 is 9.88 Å². The SMILES string of the molecule is Cn1cnc2c3c(ccc21)NCCC3. The lowest BCUT2D eigenvalue weighted by atomic mass is 10.0. The van der Waals surface area contributed by atoms with Crippen molar-refractivity contribution in [1.29, 1.82) is 0 Å². The number of fused-ring (bicyclic) bond motifs is 3. The molecule has 1 aromatic carbocycles. The summed E-state index contributed by atoms with van der Waals surface area (Å²) in [4.78, 5) is 4.45. The van der Waals surface area contributed by atoms with Crippen LogP contribution in [0.3, 0.4) is 0 Å². The predicted octanol–water partition coefficient (Wildman–Crippen LogP) is 1.93. The second-order valence-electron chi connectivity index (χ2n) is 3.85. The normalized spacial score (nSPS) is 15.2. The Morgan fingerprint density at radius 1 is 1.43 bits per heavy atom. The molecular weight excluding hydrogens is 174 g/mol. The average Bonchev–Trinajstić information content (AvgIpc) is 2.61. The van der Waals surface area contributed by atoms with E-state index in [0.717, 1.165) is 18.5 Å². The predicted molar refractivity (Wildman–Crippen MR) is 57.5 cm³/mol. The topological polar surface area (TPSA) is 29.9 Å². The zero-order valence-corrected chi connectivity index (χ0v) is 8.25. The molecule has 0 atom stereocenters. The van der Waals surface area contributed by atoms with Gasteiger partial charge in [0.25, 0.3) is 0 Å². The van der Waals surface area contributed by atoms with E-state index in [4.69, 9.17) is 0 Å². The van der Waals surface area contributed by atoms with Crippen molar-refractivity contribution in [1.82, 2.24) is 9.55 Å². The molecule has 72 valence electrons. The van der Waals surface area contributed by atoms with Crippen molar-refractivity contribution in [3.63, 3.8) is 0 Å². The summed E-state index contributed by atoms with van der Waals surface area (Å²) in [5, 5.41) is 3.41. The number of hydrogen-bond acceptors (Lipinski definition) is 2. The summed E-state index contributed by atoms with van der Waals surface area (Å²) in [6.45, 7) is 1.09. The standard InChI is InChI=1S/C11H13N3/c1-14-7-13-11-8-3-2-6-12-9(8)4-5-10(11)14/h4-5,7,12H,2-3,6H2,1H3. The van der Waals surface area contributed by atoms with E-state index in [1.807, 2.05) is 13.4 Å². The van der Waals surface area contributed by atoms with E-state index in [-0.39, 0.29) is 0 Å². The van der Waals surface area contributed by atoms with Gasteiger partial charge >= 0.3 is 0 Å².